The maximum Gasteiger partial charge on any atom is 0.194 e. The number of fused-ring (bicyclic) bond motifs is 11. The summed E-state index contributed by atoms with van der Waals surface area (Å²) < 4.78 is 72.3. The molecule has 2 atom stereocenters. The highest BCUT2D eigenvalue weighted by molar-refractivity contribution is 7.14. The Hall–Kier alpha value is -7.76. The van der Waals surface area contributed by atoms with Gasteiger partial charge in [0.1, 0.15) is 68.3 Å². The second-order valence-electron chi connectivity index (χ2n) is 18.5. The molecule has 0 amide bonds. The number of ether oxygens (including phenoxy) is 2. The summed E-state index contributed by atoms with van der Waals surface area (Å²) in [6, 6.07) is 10.5. The van der Waals surface area contributed by atoms with Crippen molar-refractivity contribution in [2.45, 2.75) is 75.4 Å². The number of carbonyl (C=O) groups excluding carboxylic acids is 2. The lowest BCUT2D eigenvalue weighted by molar-refractivity contribution is -0.0374. The minimum Gasteiger partial charge on any atom is -0.481 e. The number of ketones is 2. The van der Waals surface area contributed by atoms with Gasteiger partial charge < -0.3 is 9.47 Å². The smallest absolute Gasteiger partial charge is 0.194 e. The molecule has 2 unspecified atom stereocenters. The highest BCUT2D eigenvalue weighted by atomic mass is 32.1. The van der Waals surface area contributed by atoms with Crippen LogP contribution >= 0.6 is 22.7 Å². The van der Waals surface area contributed by atoms with E-state index in [1.807, 2.05) is 24.3 Å². The largest absolute Gasteiger partial charge is 0.481 e. The Labute approximate surface area is 405 Å². The van der Waals surface area contributed by atoms with Crippen molar-refractivity contribution < 1.29 is 36.6 Å². The van der Waals surface area contributed by atoms with Crippen LogP contribution in [0.25, 0.3) is 34.4 Å². The van der Waals surface area contributed by atoms with Gasteiger partial charge in [0.15, 0.2) is 46.0 Å². The quantitative estimate of drug-likeness (QED) is 0.107. The molecule has 2 fully saturated rings. The van der Waals surface area contributed by atoms with Crippen molar-refractivity contribution in [2.24, 2.45) is 11.8 Å². The first-order chi connectivity index (χ1) is 33.9. The highest BCUT2D eigenvalue weighted by Gasteiger charge is 2.50. The Morgan fingerprint density at radius 2 is 0.914 bits per heavy atom. The number of aromatic nitrogens is 2. The summed E-state index contributed by atoms with van der Waals surface area (Å²) in [6.45, 7) is 0. The first-order valence-electron chi connectivity index (χ1n) is 22.8. The third-order valence-corrected chi connectivity index (χ3v) is 16.7. The third-order valence-electron chi connectivity index (χ3n) is 14.6. The van der Waals surface area contributed by atoms with E-state index in [0.717, 1.165) is 95.1 Å². The summed E-state index contributed by atoms with van der Waals surface area (Å²) in [6.07, 6.45) is 19.8. The van der Waals surface area contributed by atoms with Gasteiger partial charge in [-0.2, -0.15) is 21.0 Å². The second kappa shape index (κ2) is 15.9. The molecule has 0 bridgehead atoms. The van der Waals surface area contributed by atoms with Crippen molar-refractivity contribution in [3.63, 3.8) is 0 Å². The molecule has 16 heteroatoms. The molecule has 2 aliphatic heterocycles. The Morgan fingerprint density at radius 1 is 0.557 bits per heavy atom. The van der Waals surface area contributed by atoms with Gasteiger partial charge in [0.2, 0.25) is 0 Å². The fraction of sp³-hybridized carbons (Fsp3) is 0.259. The van der Waals surface area contributed by atoms with Gasteiger partial charge in [-0.1, -0.05) is 25.0 Å². The van der Waals surface area contributed by atoms with Gasteiger partial charge in [0.05, 0.1) is 9.75 Å². The number of hydrogen-bond donors (Lipinski definition) is 0. The van der Waals surface area contributed by atoms with E-state index >= 15 is 0 Å². The summed E-state index contributed by atoms with van der Waals surface area (Å²) in [4.78, 5) is 39.7. The minimum atomic E-state index is -1.23. The maximum atomic E-state index is 14.6. The molecule has 8 aliphatic rings. The molecule has 0 radical (unpaired) electrons. The summed E-state index contributed by atoms with van der Waals surface area (Å²) in [5, 5.41) is 40.5. The van der Waals surface area contributed by atoms with Crippen LogP contribution in [0.5, 0.6) is 0 Å². The van der Waals surface area contributed by atoms with Crippen LogP contribution < -0.4 is 0 Å². The third kappa shape index (κ3) is 6.37. The van der Waals surface area contributed by atoms with Crippen molar-refractivity contribution in [2.75, 3.05) is 0 Å². The lowest BCUT2D eigenvalue weighted by atomic mass is 9.73. The van der Waals surface area contributed by atoms with Crippen molar-refractivity contribution >= 4 is 68.7 Å². The van der Waals surface area contributed by atoms with Gasteiger partial charge in [-0.05, 0) is 111 Å². The molecule has 4 aromatic rings. The zero-order valence-electron chi connectivity index (χ0n) is 36.6. The van der Waals surface area contributed by atoms with Crippen LogP contribution in [0.1, 0.15) is 127 Å². The van der Waals surface area contributed by atoms with Crippen molar-refractivity contribution in [3.05, 3.63) is 159 Å². The monoisotopic (exact) mass is 968 g/mol. The zero-order valence-corrected chi connectivity index (χ0v) is 38.3. The standard InChI is InChI=1S/C54H32F4N6O4S2/c55-37-15-29-31(17-39(37)57)47(65)35(45(29)27(21-59)22-60)19-43-63-51-49(69-43)33-11-26-14-42-34(12-25(26)13-41(33)67-53(51)7-3-1-4-8-53)50-52(54(68-42)9-5-2-6-10-54)64-44(70-50)20-36-46(28(23-61)24-62)30-16-38(56)40(58)18-32(30)48(36)66/h11-20,25-26H,1-10H2/b35-19-,36-20-. The van der Waals surface area contributed by atoms with Crippen LogP contribution in [0.3, 0.4) is 0 Å². The molecule has 2 saturated carbocycles. The number of allylic oxidation sites excluding steroid dienone is 12. The SMILES string of the molecule is N#CC(C#N)=C1/C(=C/c2nc3c(s2)C2=CC4C=C5OC6(CCCCC6)c6nc(/C=C7\C(=O)c8cc(F)c(F)cc8C7=C(C#N)C#N)sc6C5=CC4C=C2OC32CCCCC2)C(=O)c2cc(F)c(F)cc21. The number of rotatable bonds is 2. The van der Waals surface area contributed by atoms with Gasteiger partial charge in [-0.3, -0.25) is 9.59 Å². The van der Waals surface area contributed by atoms with Crippen LogP contribution in [-0.4, -0.2) is 21.5 Å². The van der Waals surface area contributed by atoms with Crippen LogP contribution in [0.15, 0.2) is 82.4 Å². The molecular weight excluding hydrogens is 937 g/mol. The molecule has 10 nitrogen and oxygen atoms in total. The summed E-state index contributed by atoms with van der Waals surface area (Å²) in [5.41, 5.74) is 0.0176. The number of Topliss-reactive ketones (excluding diaryl/α,β-unsaturated/α-hetero) is 2. The number of thiazole rings is 2. The lowest BCUT2D eigenvalue weighted by Gasteiger charge is -2.45. The molecule has 70 heavy (non-hydrogen) atoms. The molecule has 0 N–H and O–H groups in total. The van der Waals surface area contributed by atoms with E-state index in [0.29, 0.717) is 47.2 Å². The second-order valence-corrected chi connectivity index (χ2v) is 20.6. The van der Waals surface area contributed by atoms with Crippen LogP contribution in [-0.2, 0) is 20.7 Å². The number of nitriles is 4. The van der Waals surface area contributed by atoms with E-state index in [4.69, 9.17) is 19.4 Å². The van der Waals surface area contributed by atoms with Gasteiger partial charge in [-0.25, -0.2) is 27.5 Å². The van der Waals surface area contributed by atoms with E-state index in [1.54, 1.807) is 0 Å². The molecule has 2 aromatic heterocycles. The summed E-state index contributed by atoms with van der Waals surface area (Å²) >= 11 is 2.67. The molecule has 2 spiro atoms. The van der Waals surface area contributed by atoms with E-state index < -0.39 is 57.2 Å². The number of hydrogen-bond acceptors (Lipinski definition) is 12. The molecule has 342 valence electrons. The fourth-order valence-electron chi connectivity index (χ4n) is 11.4. The van der Waals surface area contributed by atoms with Crippen molar-refractivity contribution in [3.8, 4) is 24.3 Å². The van der Waals surface area contributed by atoms with E-state index in [1.165, 1.54) is 34.8 Å². The van der Waals surface area contributed by atoms with Gasteiger partial charge in [0, 0.05) is 56.4 Å². The minimum absolute atomic E-state index is 0.0362. The molecule has 12 rings (SSSR count). The summed E-state index contributed by atoms with van der Waals surface area (Å²) in [5.74, 6) is -5.25. The normalized spacial score (nSPS) is 22.8. The van der Waals surface area contributed by atoms with Gasteiger partial charge in [-0.15, -0.1) is 22.7 Å². The fourth-order valence-corrected chi connectivity index (χ4v) is 13.7. The molecule has 2 aromatic carbocycles. The number of nitrogens with zero attached hydrogens (tertiary/aromatic N) is 6. The van der Waals surface area contributed by atoms with Gasteiger partial charge >= 0.3 is 0 Å². The Morgan fingerprint density at radius 3 is 1.27 bits per heavy atom. The van der Waals surface area contributed by atoms with E-state index in [-0.39, 0.29) is 56.4 Å². The lowest BCUT2D eigenvalue weighted by Crippen LogP contribution is -2.38. The van der Waals surface area contributed by atoms with Crippen molar-refractivity contribution in [1.29, 1.82) is 21.0 Å². The average Bonchev–Trinajstić information content (AvgIpc) is 4.12. The van der Waals surface area contributed by atoms with Crippen molar-refractivity contribution in [1.82, 2.24) is 9.97 Å². The van der Waals surface area contributed by atoms with Crippen LogP contribution in [0.4, 0.5) is 17.6 Å². The first kappa shape index (κ1) is 43.5. The Balaban J connectivity index is 0.960. The molecule has 4 heterocycles. The molecule has 0 saturated heterocycles. The number of benzene rings is 2. The average molecular weight is 969 g/mol. The maximum absolute atomic E-state index is 14.6. The first-order valence-corrected chi connectivity index (χ1v) is 24.4. The van der Waals surface area contributed by atoms with Gasteiger partial charge in [0.25, 0.3) is 0 Å². The van der Waals surface area contributed by atoms with E-state index in [9.17, 15) is 48.2 Å². The highest BCUT2D eigenvalue weighted by Crippen LogP contribution is 2.58. The van der Waals surface area contributed by atoms with E-state index in [2.05, 4.69) is 24.3 Å². The predicted octanol–water partition coefficient (Wildman–Crippen LogP) is 12.2. The Kier molecular flexibility index (Phi) is 9.88. The molecular formula is C54H32F4N6O4S2. The zero-order chi connectivity index (χ0) is 48.4. The molecule has 6 aliphatic carbocycles. The topological polar surface area (TPSA) is 174 Å². The summed E-state index contributed by atoms with van der Waals surface area (Å²) in [7, 11) is 0. The Bertz CT molecular complexity index is 3350. The van der Waals surface area contributed by atoms with Crippen LogP contribution in [0.2, 0.25) is 0 Å². The number of halogens is 4. The predicted molar refractivity (Wildman–Crippen MR) is 249 cm³/mol. The van der Waals surface area contributed by atoms with Crippen LogP contribution in [0, 0.1) is 80.4 Å². The number of carbonyl (C=O) groups is 2.